The van der Waals surface area contributed by atoms with Crippen LogP contribution < -0.4 is 10.6 Å². The second-order valence-electron chi connectivity index (χ2n) is 3.96. The molecule has 0 spiro atoms. The van der Waals surface area contributed by atoms with Crippen molar-refractivity contribution in [1.29, 1.82) is 0 Å². The zero-order valence-corrected chi connectivity index (χ0v) is 10.6. The summed E-state index contributed by atoms with van der Waals surface area (Å²) in [5, 5.41) is 10.8. The topological polar surface area (TPSA) is 56.7 Å². The Labute approximate surface area is 102 Å². The van der Waals surface area contributed by atoms with Gasteiger partial charge in [0, 0.05) is 19.8 Å². The number of nitrogens with zero attached hydrogens (tertiary/aromatic N) is 2. The normalized spacial score (nSPS) is 10.4. The van der Waals surface area contributed by atoms with Crippen molar-refractivity contribution in [3.05, 3.63) is 29.3 Å². The van der Waals surface area contributed by atoms with E-state index >= 15 is 0 Å². The standard InChI is InChI=1S/C12H18N4O/c1-9-6-5-7-10(2)11(9)15-12(17)13-8-14-16(3)4/h5-8H,1-4H3,(H2,13,14,15,17). The Bertz CT molecular complexity index is 406. The average Bonchev–Trinajstić information content (AvgIpc) is 2.23. The van der Waals surface area contributed by atoms with Crippen molar-refractivity contribution in [1.82, 2.24) is 10.3 Å². The average molecular weight is 234 g/mol. The first-order valence-corrected chi connectivity index (χ1v) is 5.34. The fourth-order valence-corrected chi connectivity index (χ4v) is 1.36. The van der Waals surface area contributed by atoms with Crippen LogP contribution in [0, 0.1) is 13.8 Å². The van der Waals surface area contributed by atoms with E-state index in [1.165, 1.54) is 6.34 Å². The quantitative estimate of drug-likeness (QED) is 0.477. The van der Waals surface area contributed by atoms with Gasteiger partial charge in [0.15, 0.2) is 0 Å². The predicted octanol–water partition coefficient (Wildman–Crippen LogP) is 1.93. The third-order valence-corrected chi connectivity index (χ3v) is 2.20. The molecule has 17 heavy (non-hydrogen) atoms. The second kappa shape index (κ2) is 5.89. The van der Waals surface area contributed by atoms with Crippen LogP contribution in [0.1, 0.15) is 11.1 Å². The van der Waals surface area contributed by atoms with E-state index in [4.69, 9.17) is 0 Å². The molecular formula is C12H18N4O. The van der Waals surface area contributed by atoms with Gasteiger partial charge >= 0.3 is 6.03 Å². The molecule has 0 aliphatic heterocycles. The van der Waals surface area contributed by atoms with Crippen molar-refractivity contribution in [2.24, 2.45) is 5.10 Å². The monoisotopic (exact) mass is 234 g/mol. The molecule has 0 fully saturated rings. The van der Waals surface area contributed by atoms with Crippen LogP contribution >= 0.6 is 0 Å². The summed E-state index contributed by atoms with van der Waals surface area (Å²) in [5.41, 5.74) is 2.90. The van der Waals surface area contributed by atoms with E-state index in [0.29, 0.717) is 0 Å². The molecule has 5 heteroatoms. The molecule has 0 saturated carbocycles. The summed E-state index contributed by atoms with van der Waals surface area (Å²) in [4.78, 5) is 11.6. The molecule has 0 saturated heterocycles. The maximum Gasteiger partial charge on any atom is 0.324 e. The van der Waals surface area contributed by atoms with Crippen molar-refractivity contribution >= 4 is 18.1 Å². The van der Waals surface area contributed by atoms with Crippen LogP contribution in [0.3, 0.4) is 0 Å². The minimum absolute atomic E-state index is 0.298. The molecule has 0 unspecified atom stereocenters. The van der Waals surface area contributed by atoms with E-state index in [-0.39, 0.29) is 6.03 Å². The molecule has 5 nitrogen and oxygen atoms in total. The van der Waals surface area contributed by atoms with E-state index in [1.54, 1.807) is 19.1 Å². The number of benzene rings is 1. The highest BCUT2D eigenvalue weighted by atomic mass is 16.2. The molecule has 0 aliphatic carbocycles. The molecule has 1 rings (SSSR count). The molecule has 92 valence electrons. The molecule has 1 aromatic carbocycles. The second-order valence-corrected chi connectivity index (χ2v) is 3.96. The van der Waals surface area contributed by atoms with Crippen LogP contribution in [-0.4, -0.2) is 31.5 Å². The van der Waals surface area contributed by atoms with Gasteiger partial charge in [-0.3, -0.25) is 5.32 Å². The Hall–Kier alpha value is -2.04. The lowest BCUT2D eigenvalue weighted by Crippen LogP contribution is -2.28. The summed E-state index contributed by atoms with van der Waals surface area (Å²) in [6, 6.07) is 5.57. The van der Waals surface area contributed by atoms with Crippen LogP contribution in [-0.2, 0) is 0 Å². The molecule has 1 aromatic rings. The van der Waals surface area contributed by atoms with Gasteiger partial charge in [0.2, 0.25) is 0 Å². The molecule has 2 amide bonds. The zero-order valence-electron chi connectivity index (χ0n) is 10.6. The van der Waals surface area contributed by atoms with Gasteiger partial charge in [-0.2, -0.15) is 5.10 Å². The van der Waals surface area contributed by atoms with Crippen molar-refractivity contribution in [3.8, 4) is 0 Å². The fourth-order valence-electron chi connectivity index (χ4n) is 1.36. The van der Waals surface area contributed by atoms with Gasteiger partial charge < -0.3 is 10.3 Å². The van der Waals surface area contributed by atoms with E-state index in [2.05, 4.69) is 15.7 Å². The number of rotatable bonds is 3. The lowest BCUT2D eigenvalue weighted by Gasteiger charge is -2.11. The number of hydrogen-bond donors (Lipinski definition) is 2. The Morgan fingerprint density at radius 2 is 1.88 bits per heavy atom. The zero-order chi connectivity index (χ0) is 12.8. The number of carbonyl (C=O) groups is 1. The van der Waals surface area contributed by atoms with Crippen LogP contribution in [0.5, 0.6) is 0 Å². The number of anilines is 1. The van der Waals surface area contributed by atoms with Crippen LogP contribution in [0.4, 0.5) is 10.5 Å². The summed E-state index contributed by atoms with van der Waals surface area (Å²) in [6.07, 6.45) is 1.35. The number of hydrazone groups is 1. The first-order valence-electron chi connectivity index (χ1n) is 5.34. The van der Waals surface area contributed by atoms with Crippen molar-refractivity contribution in [3.63, 3.8) is 0 Å². The number of amides is 2. The highest BCUT2D eigenvalue weighted by Crippen LogP contribution is 2.18. The van der Waals surface area contributed by atoms with Gasteiger partial charge in [0.25, 0.3) is 0 Å². The summed E-state index contributed by atoms with van der Waals surface area (Å²) >= 11 is 0. The third-order valence-electron chi connectivity index (χ3n) is 2.20. The molecule has 2 N–H and O–H groups in total. The smallest absolute Gasteiger partial charge is 0.307 e. The summed E-state index contributed by atoms with van der Waals surface area (Å²) in [6.45, 7) is 3.91. The molecular weight excluding hydrogens is 216 g/mol. The predicted molar refractivity (Wildman–Crippen MR) is 70.2 cm³/mol. The molecule has 0 heterocycles. The van der Waals surface area contributed by atoms with Crippen LogP contribution in [0.2, 0.25) is 0 Å². The van der Waals surface area contributed by atoms with Gasteiger partial charge in [-0.15, -0.1) is 0 Å². The Morgan fingerprint density at radius 1 is 1.29 bits per heavy atom. The minimum Gasteiger partial charge on any atom is -0.307 e. The van der Waals surface area contributed by atoms with Crippen molar-refractivity contribution in [2.45, 2.75) is 13.8 Å². The lowest BCUT2D eigenvalue weighted by atomic mass is 10.1. The maximum atomic E-state index is 11.6. The molecule has 0 bridgehead atoms. The van der Waals surface area contributed by atoms with E-state index in [9.17, 15) is 4.79 Å². The number of nitrogens with one attached hydrogen (secondary N) is 2. The number of urea groups is 1. The highest BCUT2D eigenvalue weighted by molar-refractivity contribution is 5.97. The van der Waals surface area contributed by atoms with Crippen LogP contribution in [0.15, 0.2) is 23.3 Å². The van der Waals surface area contributed by atoms with E-state index < -0.39 is 0 Å². The Balaban J connectivity index is 2.62. The van der Waals surface area contributed by atoms with Gasteiger partial charge in [-0.25, -0.2) is 4.79 Å². The van der Waals surface area contributed by atoms with E-state index in [0.717, 1.165) is 16.8 Å². The Morgan fingerprint density at radius 3 is 2.41 bits per heavy atom. The molecule has 0 radical (unpaired) electrons. The highest BCUT2D eigenvalue weighted by Gasteiger charge is 2.05. The summed E-state index contributed by atoms with van der Waals surface area (Å²) in [7, 11) is 3.56. The molecule has 0 atom stereocenters. The summed E-state index contributed by atoms with van der Waals surface area (Å²) in [5.74, 6) is 0. The molecule has 0 aliphatic rings. The van der Waals surface area contributed by atoms with Gasteiger partial charge in [-0.05, 0) is 25.0 Å². The largest absolute Gasteiger partial charge is 0.324 e. The number of aryl methyl sites for hydroxylation is 2. The molecule has 0 aromatic heterocycles. The number of hydrogen-bond acceptors (Lipinski definition) is 3. The fraction of sp³-hybridized carbons (Fsp3) is 0.333. The van der Waals surface area contributed by atoms with Crippen molar-refractivity contribution in [2.75, 3.05) is 19.4 Å². The summed E-state index contributed by atoms with van der Waals surface area (Å²) < 4.78 is 0. The Kier molecular flexibility index (Phi) is 4.51. The third kappa shape index (κ3) is 4.14. The van der Waals surface area contributed by atoms with Gasteiger partial charge in [0.05, 0.1) is 0 Å². The first-order chi connectivity index (χ1) is 8.00. The van der Waals surface area contributed by atoms with Crippen molar-refractivity contribution < 1.29 is 4.79 Å². The van der Waals surface area contributed by atoms with E-state index in [1.807, 2.05) is 32.0 Å². The van der Waals surface area contributed by atoms with Crippen LogP contribution in [0.25, 0.3) is 0 Å². The lowest BCUT2D eigenvalue weighted by molar-refractivity contribution is 0.256. The van der Waals surface area contributed by atoms with Gasteiger partial charge in [-0.1, -0.05) is 18.2 Å². The van der Waals surface area contributed by atoms with Gasteiger partial charge in [0.1, 0.15) is 6.34 Å². The number of carbonyl (C=O) groups excluding carboxylic acids is 1. The maximum absolute atomic E-state index is 11.6. The minimum atomic E-state index is -0.298. The number of para-hydroxylation sites is 1. The SMILES string of the molecule is Cc1cccc(C)c1NC(=O)NC=NN(C)C. The first kappa shape index (κ1) is 13.0.